The first-order valence-electron chi connectivity index (χ1n) is 15.7. The van der Waals surface area contributed by atoms with Gasteiger partial charge in [-0.2, -0.15) is 0 Å². The van der Waals surface area contributed by atoms with Crippen LogP contribution in [0.1, 0.15) is 92.1 Å². The van der Waals surface area contributed by atoms with Crippen molar-refractivity contribution in [1.82, 2.24) is 15.6 Å². The van der Waals surface area contributed by atoms with Gasteiger partial charge in [-0.15, -0.1) is 0 Å². The topological polar surface area (TPSA) is 158 Å². The van der Waals surface area contributed by atoms with Crippen LogP contribution in [0.3, 0.4) is 0 Å². The average Bonchev–Trinajstić information content (AvgIpc) is 3.36. The Labute approximate surface area is 267 Å². The van der Waals surface area contributed by atoms with E-state index in [1.54, 1.807) is 6.92 Å². The minimum absolute atomic E-state index is 0.176. The summed E-state index contributed by atoms with van der Waals surface area (Å²) in [5.74, 6) is -2.08. The number of para-hydroxylation sites is 1. The number of carbonyl (C=O) groups is 4. The summed E-state index contributed by atoms with van der Waals surface area (Å²) >= 11 is -1.21. The number of benzene rings is 1. The van der Waals surface area contributed by atoms with Crippen LogP contribution in [-0.2, 0) is 30.3 Å². The molecule has 0 saturated heterocycles. The zero-order chi connectivity index (χ0) is 32.7. The maximum atomic E-state index is 13.9. The van der Waals surface area contributed by atoms with Gasteiger partial charge in [0, 0.05) is 0 Å². The summed E-state index contributed by atoms with van der Waals surface area (Å²) in [6.45, 7) is 11.0. The Morgan fingerprint density at radius 1 is 1.09 bits per heavy atom. The number of carboxylic acid groups (broad SMARTS) is 1. The van der Waals surface area contributed by atoms with Crippen LogP contribution in [0, 0.1) is 5.92 Å². The number of fused-ring (bicyclic) bond motifs is 1. The number of nitrogens with one attached hydrogen (secondary N) is 3. The van der Waals surface area contributed by atoms with Gasteiger partial charge in [0.15, 0.2) is 0 Å². The van der Waals surface area contributed by atoms with Crippen molar-refractivity contribution in [2.75, 3.05) is 0 Å². The number of aliphatic carboxylic acids is 1. The van der Waals surface area contributed by atoms with E-state index in [1.807, 2.05) is 65.1 Å². The molecule has 4 unspecified atom stereocenters. The third-order valence-electron chi connectivity index (χ3n) is 8.38. The van der Waals surface area contributed by atoms with Gasteiger partial charge < -0.3 is 0 Å². The van der Waals surface area contributed by atoms with E-state index < -0.39 is 68.1 Å². The summed E-state index contributed by atoms with van der Waals surface area (Å²) in [6.07, 6.45) is 4.95. The average molecular weight is 675 g/mol. The summed E-state index contributed by atoms with van der Waals surface area (Å²) < 4.78 is 4.99. The summed E-state index contributed by atoms with van der Waals surface area (Å²) in [7, 11) is 0. The molecule has 1 aromatic carbocycles. The van der Waals surface area contributed by atoms with Gasteiger partial charge in [-0.1, -0.05) is 0 Å². The Morgan fingerprint density at radius 2 is 1.75 bits per heavy atom. The predicted molar refractivity (Wildman–Crippen MR) is 170 cm³/mol. The van der Waals surface area contributed by atoms with E-state index in [0.29, 0.717) is 25.7 Å². The first kappa shape index (κ1) is 35.8. The molecule has 0 aliphatic heterocycles. The SMILES string of the molecule is CCC(C)C(NC(=O)C(C)NC1(C(=O)OC(C)(C)C)CCCCC1)C(=O)[As][C@@H](Cc1c[nH]c2ccccc12)C(O)CC(=O)O. The molecule has 44 heavy (non-hydrogen) atoms. The number of aliphatic hydroxyl groups excluding tert-OH is 1. The van der Waals surface area contributed by atoms with Crippen LogP contribution in [0.15, 0.2) is 30.5 Å². The quantitative estimate of drug-likeness (QED) is 0.140. The standard InChI is InChI=1S/C33H49AsN3O7/c1-7-20(2)28(36-30(42)21(3)37-33(15-11-8-12-16-33)31(43)44-32(4,5)6)29(41)34-24(26(38)18-27(39)40)17-22-19-35-25-14-10-9-13-23(22)25/h9-10,13-14,19-21,24,26,28,35,37-38H,7-8,11-12,15-18H2,1-6H3,(H,36,42)(H,39,40)/t20?,21?,24-,26?,28?/m0/s1. The second-order valence-electron chi connectivity index (χ2n) is 13.1. The van der Waals surface area contributed by atoms with Crippen molar-refractivity contribution in [3.05, 3.63) is 36.0 Å². The number of aromatic nitrogens is 1. The Kier molecular flexibility index (Phi) is 12.6. The van der Waals surface area contributed by atoms with Crippen molar-refractivity contribution in [2.24, 2.45) is 5.92 Å². The van der Waals surface area contributed by atoms with Crippen molar-refractivity contribution >= 4 is 49.1 Å². The van der Waals surface area contributed by atoms with Crippen LogP contribution >= 0.6 is 0 Å². The molecule has 11 heteroatoms. The molecule has 0 spiro atoms. The van der Waals surface area contributed by atoms with Gasteiger partial charge in [-0.05, 0) is 0 Å². The summed E-state index contributed by atoms with van der Waals surface area (Å²) in [4.78, 5) is 55.5. The fourth-order valence-corrected chi connectivity index (χ4v) is 8.61. The molecular weight excluding hydrogens is 625 g/mol. The molecule has 1 fully saturated rings. The third kappa shape index (κ3) is 9.66. The number of aliphatic hydroxyl groups is 1. The van der Waals surface area contributed by atoms with Crippen molar-refractivity contribution in [3.63, 3.8) is 0 Å². The van der Waals surface area contributed by atoms with Gasteiger partial charge in [0.2, 0.25) is 0 Å². The molecule has 2 aromatic rings. The summed E-state index contributed by atoms with van der Waals surface area (Å²) in [5, 5.41) is 27.5. The molecule has 1 saturated carbocycles. The third-order valence-corrected chi connectivity index (χ3v) is 11.3. The molecule has 1 heterocycles. The number of rotatable bonds is 15. The van der Waals surface area contributed by atoms with Gasteiger partial charge in [0.25, 0.3) is 0 Å². The van der Waals surface area contributed by atoms with E-state index in [1.165, 1.54) is 0 Å². The molecule has 1 aliphatic carbocycles. The van der Waals surface area contributed by atoms with E-state index in [2.05, 4.69) is 15.6 Å². The molecule has 1 aliphatic rings. The van der Waals surface area contributed by atoms with Gasteiger partial charge in [-0.3, -0.25) is 0 Å². The Bertz CT molecular complexity index is 1300. The number of esters is 1. The number of amides is 1. The van der Waals surface area contributed by atoms with Gasteiger partial charge >= 0.3 is 268 Å². The van der Waals surface area contributed by atoms with Crippen LogP contribution in [0.4, 0.5) is 0 Å². The molecule has 1 aromatic heterocycles. The Morgan fingerprint density at radius 3 is 2.36 bits per heavy atom. The van der Waals surface area contributed by atoms with Crippen LogP contribution < -0.4 is 10.6 Å². The van der Waals surface area contributed by atoms with Gasteiger partial charge in [0.05, 0.1) is 0 Å². The zero-order valence-electron chi connectivity index (χ0n) is 26.8. The second kappa shape index (κ2) is 15.5. The van der Waals surface area contributed by atoms with Crippen molar-refractivity contribution in [3.8, 4) is 0 Å². The summed E-state index contributed by atoms with van der Waals surface area (Å²) in [6, 6.07) is 6.13. The molecular formula is C33H49AsN3O7. The normalized spacial score (nSPS) is 18.8. The molecule has 243 valence electrons. The molecule has 0 bridgehead atoms. The van der Waals surface area contributed by atoms with Crippen LogP contribution in [0.5, 0.6) is 0 Å². The number of H-pyrrole nitrogens is 1. The van der Waals surface area contributed by atoms with E-state index in [9.17, 15) is 29.4 Å². The number of ether oxygens (including phenoxy) is 1. The Balaban J connectivity index is 1.78. The summed E-state index contributed by atoms with van der Waals surface area (Å²) in [5.41, 5.74) is 0.181. The molecule has 1 amide bonds. The fourth-order valence-electron chi connectivity index (χ4n) is 5.73. The number of carbonyl (C=O) groups excluding carboxylic acids is 3. The first-order valence-corrected chi connectivity index (χ1v) is 17.7. The molecule has 5 N–H and O–H groups in total. The minimum atomic E-state index is -1.21. The van der Waals surface area contributed by atoms with Gasteiger partial charge in [0.1, 0.15) is 0 Å². The van der Waals surface area contributed by atoms with Crippen molar-refractivity contribution < 1.29 is 34.1 Å². The monoisotopic (exact) mass is 674 g/mol. The van der Waals surface area contributed by atoms with Crippen LogP contribution in [0.25, 0.3) is 10.9 Å². The number of aromatic amines is 1. The van der Waals surface area contributed by atoms with Crippen LogP contribution in [0.2, 0.25) is 4.71 Å². The maximum absolute atomic E-state index is 13.9. The van der Waals surface area contributed by atoms with E-state index in [0.717, 1.165) is 35.7 Å². The number of hydrogen-bond donors (Lipinski definition) is 5. The predicted octanol–water partition coefficient (Wildman–Crippen LogP) is 4.12. The molecule has 3 rings (SSSR count). The molecule has 10 nitrogen and oxygen atoms in total. The number of carboxylic acids is 1. The van der Waals surface area contributed by atoms with E-state index in [4.69, 9.17) is 4.74 Å². The van der Waals surface area contributed by atoms with E-state index >= 15 is 0 Å². The second-order valence-corrected chi connectivity index (χ2v) is 16.0. The number of hydrogen-bond acceptors (Lipinski definition) is 7. The first-order chi connectivity index (χ1) is 20.7. The van der Waals surface area contributed by atoms with Crippen molar-refractivity contribution in [1.29, 1.82) is 0 Å². The zero-order valence-corrected chi connectivity index (χ0v) is 28.7. The molecule has 5 atom stereocenters. The van der Waals surface area contributed by atoms with Crippen molar-refractivity contribution in [2.45, 2.75) is 127 Å². The van der Waals surface area contributed by atoms with Gasteiger partial charge in [-0.25, -0.2) is 0 Å². The Hall–Kier alpha value is -2.68. The fraction of sp³-hybridized carbons (Fsp3) is 0.636. The van der Waals surface area contributed by atoms with Crippen LogP contribution in [-0.4, -0.2) is 82.7 Å². The molecule has 1 radical (unpaired) electrons. The van der Waals surface area contributed by atoms with E-state index in [-0.39, 0.29) is 16.5 Å².